The zero-order valence-electron chi connectivity index (χ0n) is 27.5. The van der Waals surface area contributed by atoms with Gasteiger partial charge in [-0.15, -0.1) is 0 Å². The first-order chi connectivity index (χ1) is 23.4. The Kier molecular flexibility index (Phi) is 18.8. The molecule has 1 aliphatic heterocycles. The molecule has 9 unspecified atom stereocenters. The number of carboxylic acids is 1. The first-order valence-corrected chi connectivity index (χ1v) is 15.6. The lowest BCUT2D eigenvalue weighted by Crippen LogP contribution is -2.61. The van der Waals surface area contributed by atoms with E-state index in [1.165, 1.54) is 6.92 Å². The van der Waals surface area contributed by atoms with Gasteiger partial charge < -0.3 is 62.6 Å². The Labute approximate surface area is 286 Å². The van der Waals surface area contributed by atoms with E-state index in [-0.39, 0.29) is 45.2 Å². The number of carbonyl (C=O) groups excluding carboxylic acids is 7. The molecule has 13 N–H and O–H groups in total. The number of hydroxylamine groups is 2. The smallest absolute Gasteiger partial charge is 0.335 e. The molecule has 22 heteroatoms. The molecule has 0 radical (unpaired) electrons. The van der Waals surface area contributed by atoms with Crippen LogP contribution in [-0.4, -0.2) is 158 Å². The molecule has 1 heterocycles. The molecule has 284 valence electrons. The predicted molar refractivity (Wildman–Crippen MR) is 165 cm³/mol. The average molecular weight is 722 g/mol. The maximum atomic E-state index is 13.2. The van der Waals surface area contributed by atoms with Crippen LogP contribution >= 0.6 is 0 Å². The number of ether oxygens (including phenoxy) is 1. The molecule has 1 aliphatic rings. The third-order valence-corrected chi connectivity index (χ3v) is 7.37. The average Bonchev–Trinajstić information content (AvgIpc) is 3.04. The van der Waals surface area contributed by atoms with Gasteiger partial charge in [-0.3, -0.25) is 34.0 Å². The summed E-state index contributed by atoms with van der Waals surface area (Å²) in [5.74, 6) is -8.86. The van der Waals surface area contributed by atoms with Gasteiger partial charge in [0.05, 0.1) is 37.7 Å². The van der Waals surface area contributed by atoms with Crippen LogP contribution in [-0.2, 0) is 43.1 Å². The lowest BCUT2D eigenvalue weighted by Gasteiger charge is -2.27. The number of aliphatic carboxylic acids is 1. The molecule has 9 atom stereocenters. The molecule has 22 nitrogen and oxygen atoms in total. The lowest BCUT2D eigenvalue weighted by atomic mass is 10.0. The van der Waals surface area contributed by atoms with Crippen LogP contribution in [0.4, 0.5) is 0 Å². The van der Waals surface area contributed by atoms with Gasteiger partial charge in [0.2, 0.25) is 35.9 Å². The van der Waals surface area contributed by atoms with Crippen molar-refractivity contribution in [2.75, 3.05) is 19.7 Å². The molecule has 6 amide bonds. The number of hydrogen-bond acceptors (Lipinski definition) is 15. The Morgan fingerprint density at radius 3 is 2.08 bits per heavy atom. The number of nitrogens with two attached hydrogens (primary N) is 1. The van der Waals surface area contributed by atoms with Crippen molar-refractivity contribution in [1.29, 1.82) is 0 Å². The number of amides is 6. The topological polar surface area (TPSA) is 357 Å². The summed E-state index contributed by atoms with van der Waals surface area (Å²) in [4.78, 5) is 100. The van der Waals surface area contributed by atoms with Gasteiger partial charge in [0.1, 0.15) is 24.2 Å². The van der Waals surface area contributed by atoms with Crippen LogP contribution in [0.3, 0.4) is 0 Å². The van der Waals surface area contributed by atoms with E-state index >= 15 is 0 Å². The van der Waals surface area contributed by atoms with Crippen LogP contribution in [0.25, 0.3) is 0 Å². The second kappa shape index (κ2) is 21.6. The molecule has 0 spiro atoms. The van der Waals surface area contributed by atoms with Crippen molar-refractivity contribution >= 4 is 47.9 Å². The number of nitrogens with one attached hydrogen (secondary N) is 5. The molecule has 50 heavy (non-hydrogen) atoms. The van der Waals surface area contributed by atoms with Crippen molar-refractivity contribution in [3.63, 3.8) is 0 Å². The Morgan fingerprint density at radius 2 is 1.52 bits per heavy atom. The molecule has 1 fully saturated rings. The number of esters is 1. The highest BCUT2D eigenvalue weighted by atomic mass is 16.5. The van der Waals surface area contributed by atoms with E-state index < -0.39 is 116 Å². The summed E-state index contributed by atoms with van der Waals surface area (Å²) in [6.45, 7) is 1.04. The zero-order chi connectivity index (χ0) is 38.1. The number of nitrogens with zero attached hydrogens (tertiary/aromatic N) is 1. The number of carboxylic acid groups (broad SMARTS) is 1. The maximum Gasteiger partial charge on any atom is 0.335 e. The Balaban J connectivity index is 3.56. The summed E-state index contributed by atoms with van der Waals surface area (Å²) >= 11 is 0. The Morgan fingerprint density at radius 1 is 0.920 bits per heavy atom. The van der Waals surface area contributed by atoms with Gasteiger partial charge in [-0.1, -0.05) is 0 Å². The molecule has 0 saturated carbocycles. The van der Waals surface area contributed by atoms with E-state index in [0.29, 0.717) is 5.06 Å². The molecule has 1 rings (SSSR count). The normalized spacial score (nSPS) is 27.9. The second-order valence-corrected chi connectivity index (χ2v) is 11.6. The van der Waals surface area contributed by atoms with Gasteiger partial charge >= 0.3 is 11.9 Å². The molecular formula is C28H47N7O15. The number of carbonyl (C=O) groups is 8. The molecular weight excluding hydrogens is 674 g/mol. The van der Waals surface area contributed by atoms with Crippen LogP contribution in [0.2, 0.25) is 0 Å². The first-order valence-electron chi connectivity index (χ1n) is 15.6. The van der Waals surface area contributed by atoms with E-state index in [4.69, 9.17) is 10.5 Å². The van der Waals surface area contributed by atoms with Crippen molar-refractivity contribution in [2.24, 2.45) is 5.73 Å². The lowest BCUT2D eigenvalue weighted by molar-refractivity contribution is -0.164. The van der Waals surface area contributed by atoms with E-state index in [0.717, 1.165) is 6.92 Å². The third-order valence-electron chi connectivity index (χ3n) is 7.37. The standard InChI is InChI=1S/C28H47N7O15/c1-13-9-19(40)30-15(6-4-8-35(49)12-37)18(39)10-20(41)33-21(14(2)38)26(45)31-16(5-3-7-29)24(43)32-17(11-36)25(44)34-22(28(48)50-13)23(42)27(46)47/h12-18,21-23,36,38-39,42,49H,3-11,29H2,1-2H3,(H,30,40)(H,31,45)(H,32,43)(H,33,41)(H,34,44)(H,46,47). The van der Waals surface area contributed by atoms with Crippen molar-refractivity contribution in [1.82, 2.24) is 31.6 Å². The van der Waals surface area contributed by atoms with Gasteiger partial charge in [-0.25, -0.2) is 14.7 Å². The highest BCUT2D eigenvalue weighted by molar-refractivity contribution is 5.96. The van der Waals surface area contributed by atoms with Gasteiger partial charge in [0.25, 0.3) is 0 Å². The van der Waals surface area contributed by atoms with Crippen molar-refractivity contribution in [3.8, 4) is 0 Å². The van der Waals surface area contributed by atoms with Crippen LogP contribution in [0.1, 0.15) is 52.4 Å². The molecule has 0 bridgehead atoms. The fourth-order valence-corrected chi connectivity index (χ4v) is 4.68. The minimum Gasteiger partial charge on any atom is -0.479 e. The van der Waals surface area contributed by atoms with E-state index in [1.54, 1.807) is 0 Å². The Hall–Kier alpha value is -4.48. The van der Waals surface area contributed by atoms with Gasteiger partial charge in [0.15, 0.2) is 12.1 Å². The molecule has 0 aromatic heterocycles. The van der Waals surface area contributed by atoms with E-state index in [9.17, 15) is 69.1 Å². The van der Waals surface area contributed by atoms with Gasteiger partial charge in [0, 0.05) is 6.54 Å². The van der Waals surface area contributed by atoms with Crippen molar-refractivity contribution < 1.29 is 73.8 Å². The molecule has 1 saturated heterocycles. The number of rotatable bonds is 12. The fraction of sp³-hybridized carbons (Fsp3) is 0.714. The summed E-state index contributed by atoms with van der Waals surface area (Å²) in [6.07, 6.45) is -8.56. The minimum atomic E-state index is -2.60. The van der Waals surface area contributed by atoms with Crippen molar-refractivity contribution in [3.05, 3.63) is 0 Å². The zero-order valence-corrected chi connectivity index (χ0v) is 27.5. The molecule has 0 aromatic rings. The maximum absolute atomic E-state index is 13.2. The van der Waals surface area contributed by atoms with E-state index in [1.807, 2.05) is 5.32 Å². The number of cyclic esters (lactones) is 1. The quantitative estimate of drug-likeness (QED) is 0.0386. The SMILES string of the molecule is CC1CC(=O)NC(CCCN(O)C=O)C(O)CC(=O)NC(C(C)O)C(=O)NC(CCCN)C(=O)NC(CO)C(=O)NC(C(O)C(=O)O)C(=O)O1. The summed E-state index contributed by atoms with van der Waals surface area (Å²) in [6, 6.07) is -8.59. The van der Waals surface area contributed by atoms with Gasteiger partial charge in [-0.05, 0) is 46.1 Å². The summed E-state index contributed by atoms with van der Waals surface area (Å²) in [7, 11) is 0. The summed E-state index contributed by atoms with van der Waals surface area (Å²) in [5.41, 5.74) is 5.53. The molecule has 0 aromatic carbocycles. The predicted octanol–water partition coefficient (Wildman–Crippen LogP) is -6.32. The minimum absolute atomic E-state index is 0.00233. The largest absolute Gasteiger partial charge is 0.479 e. The highest BCUT2D eigenvalue weighted by Gasteiger charge is 2.39. The van der Waals surface area contributed by atoms with Crippen LogP contribution in [0, 0.1) is 0 Å². The van der Waals surface area contributed by atoms with E-state index in [2.05, 4.69) is 21.3 Å². The van der Waals surface area contributed by atoms with Crippen LogP contribution in [0.5, 0.6) is 0 Å². The summed E-state index contributed by atoms with van der Waals surface area (Å²) in [5, 5.41) is 71.2. The number of aliphatic hydroxyl groups excluding tert-OH is 4. The summed E-state index contributed by atoms with van der Waals surface area (Å²) < 4.78 is 5.08. The monoisotopic (exact) mass is 721 g/mol. The van der Waals surface area contributed by atoms with Crippen LogP contribution in [0.15, 0.2) is 0 Å². The third kappa shape index (κ3) is 14.6. The fourth-order valence-electron chi connectivity index (χ4n) is 4.68. The van der Waals surface area contributed by atoms with Gasteiger partial charge in [-0.2, -0.15) is 0 Å². The second-order valence-electron chi connectivity index (χ2n) is 11.6. The number of aliphatic hydroxyl groups is 4. The number of hydrogen-bond donors (Lipinski definition) is 12. The highest BCUT2D eigenvalue weighted by Crippen LogP contribution is 2.11. The van der Waals surface area contributed by atoms with Crippen molar-refractivity contribution in [2.45, 2.75) is 107 Å². The first kappa shape index (κ1) is 43.5. The van der Waals surface area contributed by atoms with Crippen LogP contribution < -0.4 is 32.3 Å². The molecule has 0 aliphatic carbocycles. The Bertz CT molecular complexity index is 1210.